The highest BCUT2D eigenvalue weighted by molar-refractivity contribution is 9.10. The van der Waals surface area contributed by atoms with Gasteiger partial charge >= 0.3 is 5.97 Å². The van der Waals surface area contributed by atoms with E-state index in [1.165, 1.54) is 27.7 Å². The van der Waals surface area contributed by atoms with Gasteiger partial charge in [-0.25, -0.2) is 4.79 Å². The van der Waals surface area contributed by atoms with Crippen molar-refractivity contribution in [1.82, 2.24) is 4.40 Å². The number of carbonyl (C=O) groups excluding carboxylic acids is 2. The predicted molar refractivity (Wildman–Crippen MR) is 165 cm³/mol. The molecule has 0 radical (unpaired) electrons. The molecule has 6 aromatic rings. The summed E-state index contributed by atoms with van der Waals surface area (Å²) in [5.74, 6) is 0.216. The molecule has 3 aromatic carbocycles. The molecule has 0 spiro atoms. The molecule has 0 aliphatic rings. The molecule has 0 unspecified atom stereocenters. The van der Waals surface area contributed by atoms with Crippen LogP contribution < -0.4 is 0 Å². The highest BCUT2D eigenvalue weighted by Gasteiger charge is 2.29. The van der Waals surface area contributed by atoms with Crippen LogP contribution in [0.5, 0.6) is 0 Å². The average Bonchev–Trinajstić information content (AvgIpc) is 3.47. The number of hydrogen-bond acceptors (Lipinski definition) is 5. The minimum Gasteiger partial charge on any atom is -0.462 e. The van der Waals surface area contributed by atoms with Gasteiger partial charge in [0.25, 0.3) is 0 Å². The molecule has 0 aliphatic carbocycles. The number of carbonyl (C=O) groups is 2. The maximum absolute atomic E-state index is 13.9. The summed E-state index contributed by atoms with van der Waals surface area (Å²) in [5.41, 5.74) is 4.91. The van der Waals surface area contributed by atoms with E-state index in [9.17, 15) is 9.59 Å². The summed E-state index contributed by atoms with van der Waals surface area (Å²) in [6, 6.07) is 26.1. The van der Waals surface area contributed by atoms with Gasteiger partial charge < -0.3 is 9.14 Å². The number of ketones is 1. The third-order valence-electron chi connectivity index (χ3n) is 6.74. The Hall–Kier alpha value is -3.39. The molecule has 0 bridgehead atoms. The molecule has 39 heavy (non-hydrogen) atoms. The number of hydrogen-bond donors (Lipinski definition) is 0. The molecular weight excluding hydrogens is 590 g/mol. The number of nitrogens with zero attached hydrogens (tertiary/aromatic N) is 1. The van der Waals surface area contributed by atoms with Gasteiger partial charge in [-0.15, -0.1) is 23.1 Å². The van der Waals surface area contributed by atoms with E-state index in [1.807, 2.05) is 60.0 Å². The van der Waals surface area contributed by atoms with E-state index in [0.717, 1.165) is 31.0 Å². The summed E-state index contributed by atoms with van der Waals surface area (Å²) < 4.78 is 9.45. The second-order valence-electron chi connectivity index (χ2n) is 9.26. The fraction of sp³-hybridized carbons (Fsp3) is 0.125. The molecule has 3 heterocycles. The Kier molecular flexibility index (Phi) is 7.06. The second kappa shape index (κ2) is 10.6. The van der Waals surface area contributed by atoms with Crippen molar-refractivity contribution in [3.05, 3.63) is 117 Å². The van der Waals surface area contributed by atoms with Crippen LogP contribution in [0.4, 0.5) is 0 Å². The van der Waals surface area contributed by atoms with E-state index >= 15 is 0 Å². The van der Waals surface area contributed by atoms with Crippen LogP contribution in [0.3, 0.4) is 0 Å². The highest BCUT2D eigenvalue weighted by atomic mass is 79.9. The van der Waals surface area contributed by atoms with Crippen LogP contribution in [0.2, 0.25) is 0 Å². The van der Waals surface area contributed by atoms with Crippen LogP contribution >= 0.6 is 39.0 Å². The molecular formula is C32H24BrNO3S2. The predicted octanol–water partition coefficient (Wildman–Crippen LogP) is 9.08. The fourth-order valence-corrected chi connectivity index (χ4v) is 7.73. The largest absolute Gasteiger partial charge is 0.462 e. The van der Waals surface area contributed by atoms with Crippen molar-refractivity contribution in [2.24, 2.45) is 0 Å². The summed E-state index contributed by atoms with van der Waals surface area (Å²) in [6.07, 6.45) is 1.98. The third kappa shape index (κ3) is 4.69. The Balaban J connectivity index is 1.56. The van der Waals surface area contributed by atoms with Gasteiger partial charge in [0, 0.05) is 27.4 Å². The molecule has 3 aromatic heterocycles. The number of rotatable bonds is 7. The Bertz CT molecular complexity index is 1880. The van der Waals surface area contributed by atoms with Gasteiger partial charge in [-0.2, -0.15) is 0 Å². The zero-order valence-electron chi connectivity index (χ0n) is 21.4. The van der Waals surface area contributed by atoms with Crippen molar-refractivity contribution in [3.8, 4) is 0 Å². The quantitative estimate of drug-likeness (QED) is 0.102. The first-order chi connectivity index (χ1) is 19.0. The first kappa shape index (κ1) is 25.9. The molecule has 6 rings (SSSR count). The lowest BCUT2D eigenvalue weighted by Gasteiger charge is -2.07. The van der Waals surface area contributed by atoms with E-state index in [0.29, 0.717) is 21.4 Å². The molecule has 0 saturated carbocycles. The van der Waals surface area contributed by atoms with E-state index in [4.69, 9.17) is 4.74 Å². The van der Waals surface area contributed by atoms with Crippen molar-refractivity contribution in [3.63, 3.8) is 0 Å². The van der Waals surface area contributed by atoms with E-state index < -0.39 is 5.97 Å². The number of thiophene rings is 1. The number of fused-ring (bicyclic) bond motifs is 4. The van der Waals surface area contributed by atoms with Crippen molar-refractivity contribution in [2.45, 2.75) is 23.8 Å². The fourth-order valence-electron chi connectivity index (χ4n) is 4.94. The number of aryl methyl sites for hydroxylation is 1. The first-order valence-corrected chi connectivity index (χ1v) is 15.2. The number of benzene rings is 3. The van der Waals surface area contributed by atoms with Crippen LogP contribution in [0.25, 0.3) is 27.2 Å². The van der Waals surface area contributed by atoms with Crippen molar-refractivity contribution in [2.75, 3.05) is 6.61 Å². The molecule has 0 N–H and O–H groups in total. The third-order valence-corrected chi connectivity index (χ3v) is 9.76. The van der Waals surface area contributed by atoms with Crippen LogP contribution in [0.1, 0.15) is 43.6 Å². The highest BCUT2D eigenvalue weighted by Crippen LogP contribution is 2.45. The molecule has 0 atom stereocenters. The van der Waals surface area contributed by atoms with E-state index in [1.54, 1.807) is 18.7 Å². The Morgan fingerprint density at radius 1 is 1.00 bits per heavy atom. The normalized spacial score (nSPS) is 11.5. The lowest BCUT2D eigenvalue weighted by Crippen LogP contribution is -2.06. The minimum absolute atomic E-state index is 0.104. The second-order valence-corrected chi connectivity index (χ2v) is 12.4. The number of halogens is 1. The number of esters is 1. The maximum Gasteiger partial charge on any atom is 0.341 e. The van der Waals surface area contributed by atoms with Crippen molar-refractivity contribution < 1.29 is 14.3 Å². The minimum atomic E-state index is -0.413. The lowest BCUT2D eigenvalue weighted by atomic mass is 10.1. The number of ether oxygens (including phenoxy) is 1. The molecule has 0 aliphatic heterocycles. The maximum atomic E-state index is 13.9. The van der Waals surface area contributed by atoms with Crippen LogP contribution in [-0.4, -0.2) is 22.8 Å². The molecule has 194 valence electrons. The van der Waals surface area contributed by atoms with Crippen molar-refractivity contribution in [1.29, 1.82) is 0 Å². The van der Waals surface area contributed by atoms with Gasteiger partial charge in [-0.3, -0.25) is 4.79 Å². The first-order valence-electron chi connectivity index (χ1n) is 12.6. The number of aromatic nitrogens is 1. The summed E-state index contributed by atoms with van der Waals surface area (Å²) >= 11 is 6.61. The zero-order chi connectivity index (χ0) is 27.1. The average molecular weight is 615 g/mol. The molecule has 7 heteroatoms. The monoisotopic (exact) mass is 613 g/mol. The molecule has 0 amide bonds. The van der Waals surface area contributed by atoms with E-state index in [2.05, 4.69) is 52.3 Å². The number of pyridine rings is 1. The van der Waals surface area contributed by atoms with Gasteiger partial charge in [-0.05, 0) is 72.1 Å². The van der Waals surface area contributed by atoms with Gasteiger partial charge in [0.2, 0.25) is 5.78 Å². The summed E-state index contributed by atoms with van der Waals surface area (Å²) in [6.45, 7) is 4.05. The van der Waals surface area contributed by atoms with Crippen LogP contribution in [0, 0.1) is 6.92 Å². The van der Waals surface area contributed by atoms with Gasteiger partial charge in [0.15, 0.2) is 0 Å². The smallest absolute Gasteiger partial charge is 0.341 e. The zero-order valence-corrected chi connectivity index (χ0v) is 24.6. The van der Waals surface area contributed by atoms with Crippen molar-refractivity contribution >= 4 is 78.0 Å². The Labute approximate surface area is 242 Å². The summed E-state index contributed by atoms with van der Waals surface area (Å²) in [4.78, 5) is 27.9. The number of thioether (sulfide) groups is 1. The van der Waals surface area contributed by atoms with Gasteiger partial charge in [0.05, 0.1) is 32.3 Å². The Morgan fingerprint density at radius 3 is 2.56 bits per heavy atom. The van der Waals surface area contributed by atoms with Crippen LogP contribution in [0.15, 0.2) is 93.7 Å². The molecule has 4 nitrogen and oxygen atoms in total. The SMILES string of the molecule is CCOC(=O)c1c2c(C(=O)c3ccc(Br)cc3)sc(SCc3cccc4ccccc34)c2n2ccc(C)cc12. The standard InChI is InChI=1S/C32H24BrNO3S2/c1-3-37-31(36)26-25-17-19(2)15-16-34(25)28-27(26)30(29(35)21-11-13-23(33)14-12-21)39-32(28)38-18-22-9-6-8-20-7-4-5-10-24(20)22/h4-17H,3,18H2,1-2H3. The van der Waals surface area contributed by atoms with Gasteiger partial charge in [-0.1, -0.05) is 58.4 Å². The molecule has 0 fully saturated rings. The Morgan fingerprint density at radius 2 is 1.77 bits per heavy atom. The summed E-state index contributed by atoms with van der Waals surface area (Å²) in [7, 11) is 0. The van der Waals surface area contributed by atoms with Gasteiger partial charge in [0.1, 0.15) is 0 Å². The topological polar surface area (TPSA) is 47.8 Å². The lowest BCUT2D eigenvalue weighted by molar-refractivity contribution is 0.0531. The van der Waals surface area contributed by atoms with Crippen LogP contribution in [-0.2, 0) is 10.5 Å². The summed E-state index contributed by atoms with van der Waals surface area (Å²) in [5, 5.41) is 3.08. The van der Waals surface area contributed by atoms with E-state index in [-0.39, 0.29) is 12.4 Å². The molecule has 0 saturated heterocycles.